The second-order valence-corrected chi connectivity index (χ2v) is 4.53. The van der Waals surface area contributed by atoms with E-state index in [0.29, 0.717) is 6.54 Å². The molecule has 91 valence electrons. The quantitative estimate of drug-likeness (QED) is 0.865. The Morgan fingerprint density at radius 3 is 2.47 bits per heavy atom. The number of nitrogens with zero attached hydrogens (tertiary/aromatic N) is 1. The van der Waals surface area contributed by atoms with E-state index in [9.17, 15) is 4.79 Å². The number of hydrogen-bond acceptors (Lipinski definition) is 2. The number of hydrogen-bond donors (Lipinski definition) is 1. The molecule has 2 rings (SSSR count). The average Bonchev–Trinajstić information content (AvgIpc) is 2.59. The second-order valence-electron chi connectivity index (χ2n) is 4.53. The highest BCUT2D eigenvalue weighted by molar-refractivity contribution is 5.92. The van der Waals surface area contributed by atoms with Gasteiger partial charge in [0, 0.05) is 5.69 Å². The van der Waals surface area contributed by atoms with Crippen molar-refractivity contribution in [3.8, 4) is 0 Å². The maximum atomic E-state index is 11.8. The summed E-state index contributed by atoms with van der Waals surface area (Å²) in [6.07, 6.45) is 5.03. The maximum Gasteiger partial charge on any atom is 0.238 e. The van der Waals surface area contributed by atoms with Gasteiger partial charge in [0.2, 0.25) is 5.91 Å². The Kier molecular flexibility index (Phi) is 4.56. The molecule has 0 spiro atoms. The van der Waals surface area contributed by atoms with E-state index in [1.807, 2.05) is 24.3 Å². The van der Waals surface area contributed by atoms with Crippen LogP contribution in [0.15, 0.2) is 24.3 Å². The van der Waals surface area contributed by atoms with Crippen LogP contribution in [0.25, 0.3) is 0 Å². The van der Waals surface area contributed by atoms with Gasteiger partial charge in [-0.25, -0.2) is 0 Å². The van der Waals surface area contributed by atoms with Crippen LogP contribution in [0.3, 0.4) is 0 Å². The summed E-state index contributed by atoms with van der Waals surface area (Å²) in [5.74, 6) is 0.0816. The summed E-state index contributed by atoms with van der Waals surface area (Å²) in [5.41, 5.74) is 0.851. The summed E-state index contributed by atoms with van der Waals surface area (Å²) >= 11 is 0. The Hall–Kier alpha value is -1.35. The third-order valence-corrected chi connectivity index (χ3v) is 3.07. The molecule has 1 aromatic carbocycles. The highest BCUT2D eigenvalue weighted by Crippen LogP contribution is 2.10. The van der Waals surface area contributed by atoms with E-state index in [2.05, 4.69) is 16.3 Å². The van der Waals surface area contributed by atoms with Crippen molar-refractivity contribution < 1.29 is 4.79 Å². The van der Waals surface area contributed by atoms with Gasteiger partial charge in [-0.1, -0.05) is 25.0 Å². The van der Waals surface area contributed by atoms with E-state index in [1.165, 1.54) is 25.7 Å². The Morgan fingerprint density at radius 2 is 1.82 bits per heavy atom. The minimum atomic E-state index is 0.0816. The van der Waals surface area contributed by atoms with Gasteiger partial charge in [0.1, 0.15) is 0 Å². The first-order chi connectivity index (χ1) is 8.34. The molecule has 1 aromatic rings. The fourth-order valence-electron chi connectivity index (χ4n) is 2.17. The first-order valence-corrected chi connectivity index (χ1v) is 6.33. The molecule has 0 atom stereocenters. The van der Waals surface area contributed by atoms with E-state index in [-0.39, 0.29) is 5.91 Å². The SMILES string of the molecule is O=C(CN1CCCCCC1)Nc1cc[c]cc1. The predicted molar refractivity (Wildman–Crippen MR) is 68.8 cm³/mol. The van der Waals surface area contributed by atoms with Gasteiger partial charge >= 0.3 is 0 Å². The van der Waals surface area contributed by atoms with Crippen LogP contribution in [-0.2, 0) is 4.79 Å². The van der Waals surface area contributed by atoms with Crippen LogP contribution < -0.4 is 5.32 Å². The van der Waals surface area contributed by atoms with Crippen LogP contribution in [0.1, 0.15) is 25.7 Å². The summed E-state index contributed by atoms with van der Waals surface area (Å²) in [6.45, 7) is 2.62. The highest BCUT2D eigenvalue weighted by atomic mass is 16.2. The summed E-state index contributed by atoms with van der Waals surface area (Å²) in [5, 5.41) is 2.91. The van der Waals surface area contributed by atoms with Gasteiger partial charge in [0.15, 0.2) is 0 Å². The van der Waals surface area contributed by atoms with Crippen molar-refractivity contribution in [1.29, 1.82) is 0 Å². The standard InChI is InChI=1S/C14H19N2O/c17-14(15-13-8-4-3-5-9-13)12-16-10-6-1-2-7-11-16/h4-5,8-9H,1-2,6-7,10-12H2,(H,15,17). The Balaban J connectivity index is 1.80. The van der Waals surface area contributed by atoms with Crippen molar-refractivity contribution in [3.63, 3.8) is 0 Å². The van der Waals surface area contributed by atoms with Gasteiger partial charge in [-0.15, -0.1) is 0 Å². The highest BCUT2D eigenvalue weighted by Gasteiger charge is 2.12. The van der Waals surface area contributed by atoms with Crippen molar-refractivity contribution in [2.45, 2.75) is 25.7 Å². The lowest BCUT2D eigenvalue weighted by atomic mass is 10.2. The zero-order valence-electron chi connectivity index (χ0n) is 10.1. The van der Waals surface area contributed by atoms with Crippen molar-refractivity contribution in [1.82, 2.24) is 4.90 Å². The minimum Gasteiger partial charge on any atom is -0.325 e. The van der Waals surface area contributed by atoms with Crippen LogP contribution in [0.4, 0.5) is 5.69 Å². The number of carbonyl (C=O) groups excluding carboxylic acids is 1. The molecule has 0 aromatic heterocycles. The second kappa shape index (κ2) is 6.40. The van der Waals surface area contributed by atoms with Crippen molar-refractivity contribution in [2.75, 3.05) is 25.0 Å². The number of anilines is 1. The Bertz CT molecular complexity index is 342. The van der Waals surface area contributed by atoms with Gasteiger partial charge in [0.05, 0.1) is 6.54 Å². The fraction of sp³-hybridized carbons (Fsp3) is 0.500. The monoisotopic (exact) mass is 231 g/mol. The van der Waals surface area contributed by atoms with Gasteiger partial charge in [-0.3, -0.25) is 9.69 Å². The number of nitrogens with one attached hydrogen (secondary N) is 1. The van der Waals surface area contributed by atoms with Crippen molar-refractivity contribution >= 4 is 11.6 Å². The Labute approximate surface area is 103 Å². The molecule has 0 saturated carbocycles. The number of likely N-dealkylation sites (tertiary alicyclic amines) is 1. The van der Waals surface area contributed by atoms with E-state index >= 15 is 0 Å². The predicted octanol–water partition coefficient (Wildman–Crippen LogP) is 2.30. The van der Waals surface area contributed by atoms with E-state index < -0.39 is 0 Å². The van der Waals surface area contributed by atoms with Crippen LogP contribution in [-0.4, -0.2) is 30.4 Å². The lowest BCUT2D eigenvalue weighted by Gasteiger charge is -2.18. The molecule has 3 nitrogen and oxygen atoms in total. The molecule has 3 heteroatoms. The molecule has 0 unspecified atom stereocenters. The molecule has 1 aliphatic heterocycles. The lowest BCUT2D eigenvalue weighted by Crippen LogP contribution is -2.33. The van der Waals surface area contributed by atoms with Gasteiger partial charge in [-0.05, 0) is 44.1 Å². The van der Waals surface area contributed by atoms with E-state index in [1.54, 1.807) is 0 Å². The minimum absolute atomic E-state index is 0.0816. The normalized spacial score (nSPS) is 17.4. The van der Waals surface area contributed by atoms with Gasteiger partial charge in [0.25, 0.3) is 0 Å². The molecule has 17 heavy (non-hydrogen) atoms. The first kappa shape index (κ1) is 12.1. The van der Waals surface area contributed by atoms with Crippen LogP contribution in [0, 0.1) is 6.07 Å². The van der Waals surface area contributed by atoms with Gasteiger partial charge < -0.3 is 5.32 Å². The molecule has 1 saturated heterocycles. The van der Waals surface area contributed by atoms with Gasteiger partial charge in [-0.2, -0.15) is 0 Å². The first-order valence-electron chi connectivity index (χ1n) is 6.33. The molecule has 1 radical (unpaired) electrons. The lowest BCUT2D eigenvalue weighted by molar-refractivity contribution is -0.117. The molecular formula is C14H19N2O. The zero-order chi connectivity index (χ0) is 11.9. The van der Waals surface area contributed by atoms with Crippen molar-refractivity contribution in [3.05, 3.63) is 30.3 Å². The topological polar surface area (TPSA) is 32.3 Å². The smallest absolute Gasteiger partial charge is 0.238 e. The number of carbonyl (C=O) groups is 1. The summed E-state index contributed by atoms with van der Waals surface area (Å²) in [7, 11) is 0. The third-order valence-electron chi connectivity index (χ3n) is 3.07. The van der Waals surface area contributed by atoms with E-state index in [0.717, 1.165) is 18.8 Å². The fourth-order valence-corrected chi connectivity index (χ4v) is 2.17. The molecule has 1 aliphatic rings. The Morgan fingerprint density at radius 1 is 1.18 bits per heavy atom. The molecule has 1 heterocycles. The molecule has 1 N–H and O–H groups in total. The van der Waals surface area contributed by atoms with Crippen molar-refractivity contribution in [2.24, 2.45) is 0 Å². The molecule has 0 bridgehead atoms. The summed E-state index contributed by atoms with van der Waals surface area (Å²) < 4.78 is 0. The van der Waals surface area contributed by atoms with Crippen LogP contribution in [0.5, 0.6) is 0 Å². The molecular weight excluding hydrogens is 212 g/mol. The third kappa shape index (κ3) is 4.19. The molecule has 1 fully saturated rings. The average molecular weight is 231 g/mol. The molecule has 0 aliphatic carbocycles. The van der Waals surface area contributed by atoms with Crippen LogP contribution in [0.2, 0.25) is 0 Å². The number of rotatable bonds is 3. The number of benzene rings is 1. The largest absolute Gasteiger partial charge is 0.325 e. The van der Waals surface area contributed by atoms with E-state index in [4.69, 9.17) is 0 Å². The summed E-state index contributed by atoms with van der Waals surface area (Å²) in [6, 6.07) is 10.3. The number of amides is 1. The van der Waals surface area contributed by atoms with Crippen LogP contribution >= 0.6 is 0 Å². The maximum absolute atomic E-state index is 11.8. The zero-order valence-corrected chi connectivity index (χ0v) is 10.1. The summed E-state index contributed by atoms with van der Waals surface area (Å²) in [4.78, 5) is 14.1. The molecule has 1 amide bonds.